The van der Waals surface area contributed by atoms with Gasteiger partial charge >= 0.3 is 0 Å². The molecule has 6 nitrogen and oxygen atoms in total. The summed E-state index contributed by atoms with van der Waals surface area (Å²) in [5.74, 6) is -1.36. The molecule has 1 aromatic heterocycles. The Morgan fingerprint density at radius 2 is 1.50 bits per heavy atom. The lowest BCUT2D eigenvalue weighted by atomic mass is 10.0. The second kappa shape index (κ2) is 6.08. The smallest absolute Gasteiger partial charge is 0.262 e. The highest BCUT2D eigenvalue weighted by atomic mass is 32.1. The lowest BCUT2D eigenvalue weighted by Crippen LogP contribution is -2.37. The van der Waals surface area contributed by atoms with Crippen LogP contribution in [0.15, 0.2) is 60.7 Å². The normalized spacial score (nSPS) is 13.7. The molecule has 3 amide bonds. The molecule has 0 radical (unpaired) electrons. The number of imide groups is 1. The summed E-state index contributed by atoms with van der Waals surface area (Å²) in [5, 5.41) is 5.54. The number of aromatic nitrogens is 1. The summed E-state index contributed by atoms with van der Waals surface area (Å²) in [7, 11) is 0. The maximum absolute atomic E-state index is 12.6. The van der Waals surface area contributed by atoms with Crippen molar-refractivity contribution in [2.75, 3.05) is 11.9 Å². The van der Waals surface area contributed by atoms with E-state index in [9.17, 15) is 14.4 Å². The summed E-state index contributed by atoms with van der Waals surface area (Å²) in [6, 6.07) is 18.8. The predicted molar refractivity (Wildman–Crippen MR) is 114 cm³/mol. The first-order chi connectivity index (χ1) is 14.6. The Morgan fingerprint density at radius 3 is 2.20 bits per heavy atom. The number of benzene rings is 3. The summed E-state index contributed by atoms with van der Waals surface area (Å²) in [4.78, 5) is 44.1. The van der Waals surface area contributed by atoms with Crippen LogP contribution in [0.2, 0.25) is 0 Å². The van der Waals surface area contributed by atoms with Gasteiger partial charge in [-0.15, -0.1) is 0 Å². The predicted octanol–water partition coefficient (Wildman–Crippen LogP) is 4.18. The van der Waals surface area contributed by atoms with Crippen LogP contribution in [0.3, 0.4) is 0 Å². The number of thiazole rings is 1. The second-order valence-corrected chi connectivity index (χ2v) is 8.20. The molecule has 0 atom stereocenters. The molecule has 0 saturated carbocycles. The number of rotatable bonds is 3. The Balaban J connectivity index is 1.26. The van der Waals surface area contributed by atoms with Gasteiger partial charge in [-0.2, -0.15) is 0 Å². The monoisotopic (exact) mass is 411 g/mol. The van der Waals surface area contributed by atoms with Crippen LogP contribution in [0, 0.1) is 0 Å². The number of amides is 3. The maximum Gasteiger partial charge on any atom is 0.262 e. The van der Waals surface area contributed by atoms with Crippen LogP contribution < -0.4 is 5.32 Å². The van der Waals surface area contributed by atoms with Crippen molar-refractivity contribution >= 4 is 45.0 Å². The van der Waals surface area contributed by atoms with E-state index in [1.165, 1.54) is 16.7 Å². The Kier molecular flexibility index (Phi) is 3.45. The van der Waals surface area contributed by atoms with E-state index < -0.39 is 17.7 Å². The van der Waals surface area contributed by atoms with Crippen LogP contribution in [-0.2, 0) is 4.79 Å². The van der Waals surface area contributed by atoms with Gasteiger partial charge in [0.2, 0.25) is 5.91 Å². The number of carbonyl (C=O) groups excluding carboxylic acids is 3. The van der Waals surface area contributed by atoms with Gasteiger partial charge in [0.15, 0.2) is 5.13 Å². The SMILES string of the molecule is O=C(CN1C(=O)c2ccccc2C1=O)Nc1nc2c(s1)-c1cccc3cccc-2c13. The molecular weight excluding hydrogens is 398 g/mol. The highest BCUT2D eigenvalue weighted by molar-refractivity contribution is 7.20. The van der Waals surface area contributed by atoms with Gasteiger partial charge in [-0.3, -0.25) is 19.3 Å². The van der Waals surface area contributed by atoms with E-state index in [1.807, 2.05) is 18.2 Å². The van der Waals surface area contributed by atoms with Crippen LogP contribution in [0.25, 0.3) is 32.5 Å². The number of anilines is 1. The third-order valence-electron chi connectivity index (χ3n) is 5.46. The number of nitrogens with zero attached hydrogens (tertiary/aromatic N) is 2. The Bertz CT molecular complexity index is 1330. The highest BCUT2D eigenvalue weighted by Crippen LogP contribution is 2.50. The van der Waals surface area contributed by atoms with Crippen molar-refractivity contribution in [1.29, 1.82) is 0 Å². The third kappa shape index (κ3) is 2.29. The molecule has 0 saturated heterocycles. The first-order valence-corrected chi connectivity index (χ1v) is 10.2. The first-order valence-electron chi connectivity index (χ1n) is 9.40. The number of fused-ring (bicyclic) bond motifs is 4. The minimum Gasteiger partial charge on any atom is -0.300 e. The van der Waals surface area contributed by atoms with Crippen LogP contribution in [0.5, 0.6) is 0 Å². The van der Waals surface area contributed by atoms with Gasteiger partial charge in [-0.05, 0) is 22.9 Å². The molecule has 2 aliphatic rings. The quantitative estimate of drug-likeness (QED) is 0.452. The standard InChI is InChI=1S/C23H13N3O3S/c27-17(11-26-21(28)13-7-1-2-8-14(13)22(26)29)24-23-25-19-15-9-3-5-12-6-4-10-16(18(12)15)20(19)30-23/h1-10H,11H2,(H,24,25,27). The van der Waals surface area contributed by atoms with E-state index in [-0.39, 0.29) is 6.54 Å². The van der Waals surface area contributed by atoms with E-state index in [4.69, 9.17) is 0 Å². The Morgan fingerprint density at radius 1 is 0.867 bits per heavy atom. The molecule has 0 unspecified atom stereocenters. The molecular formula is C23H13N3O3S. The van der Waals surface area contributed by atoms with Crippen LogP contribution in [-0.4, -0.2) is 34.2 Å². The van der Waals surface area contributed by atoms with Gasteiger partial charge in [0, 0.05) is 11.1 Å². The zero-order valence-corrected chi connectivity index (χ0v) is 16.3. The molecule has 6 rings (SSSR count). The fourth-order valence-electron chi connectivity index (χ4n) is 4.15. The summed E-state index contributed by atoms with van der Waals surface area (Å²) >= 11 is 1.40. The van der Waals surface area contributed by atoms with Crippen molar-refractivity contribution in [1.82, 2.24) is 9.88 Å². The molecule has 144 valence electrons. The Labute approximate surface area is 174 Å². The van der Waals surface area contributed by atoms with Crippen molar-refractivity contribution < 1.29 is 14.4 Å². The fraction of sp³-hybridized carbons (Fsp3) is 0.0435. The maximum atomic E-state index is 12.6. The molecule has 0 spiro atoms. The first kappa shape index (κ1) is 17.1. The van der Waals surface area contributed by atoms with E-state index in [1.54, 1.807) is 24.3 Å². The molecule has 1 aliphatic heterocycles. The lowest BCUT2D eigenvalue weighted by molar-refractivity contribution is -0.116. The van der Waals surface area contributed by atoms with Crippen molar-refractivity contribution in [3.8, 4) is 21.7 Å². The van der Waals surface area contributed by atoms with Gasteiger partial charge in [0.1, 0.15) is 6.54 Å². The summed E-state index contributed by atoms with van der Waals surface area (Å²) < 4.78 is 0. The van der Waals surface area contributed by atoms with Gasteiger partial charge in [-0.1, -0.05) is 59.9 Å². The highest BCUT2D eigenvalue weighted by Gasteiger charge is 2.36. The van der Waals surface area contributed by atoms with E-state index >= 15 is 0 Å². The minimum atomic E-state index is -0.455. The average Bonchev–Trinajstić information content (AvgIpc) is 3.37. The third-order valence-corrected chi connectivity index (χ3v) is 6.46. The van der Waals surface area contributed by atoms with Crippen molar-refractivity contribution in [3.05, 3.63) is 71.8 Å². The molecule has 4 aromatic rings. The van der Waals surface area contributed by atoms with Gasteiger partial charge < -0.3 is 5.32 Å². The summed E-state index contributed by atoms with van der Waals surface area (Å²) in [6.45, 7) is -0.344. The molecule has 0 bridgehead atoms. The Hall–Kier alpha value is -3.84. The largest absolute Gasteiger partial charge is 0.300 e. The number of nitrogens with one attached hydrogen (secondary N) is 1. The van der Waals surface area contributed by atoms with Crippen molar-refractivity contribution in [2.45, 2.75) is 0 Å². The number of hydrogen-bond acceptors (Lipinski definition) is 5. The summed E-state index contributed by atoms with van der Waals surface area (Å²) in [5.41, 5.74) is 3.66. The second-order valence-electron chi connectivity index (χ2n) is 7.20. The van der Waals surface area contributed by atoms with Crippen LogP contribution in [0.1, 0.15) is 20.7 Å². The van der Waals surface area contributed by atoms with E-state index in [0.717, 1.165) is 32.0 Å². The molecule has 1 aliphatic carbocycles. The molecule has 2 heterocycles. The zero-order valence-electron chi connectivity index (χ0n) is 15.5. The average molecular weight is 411 g/mol. The van der Waals surface area contributed by atoms with E-state index in [2.05, 4.69) is 28.5 Å². The van der Waals surface area contributed by atoms with Crippen LogP contribution >= 0.6 is 11.3 Å². The molecule has 30 heavy (non-hydrogen) atoms. The van der Waals surface area contributed by atoms with Crippen molar-refractivity contribution in [2.24, 2.45) is 0 Å². The molecule has 1 N–H and O–H groups in total. The number of carbonyl (C=O) groups is 3. The fourth-order valence-corrected chi connectivity index (χ4v) is 5.18. The zero-order chi connectivity index (χ0) is 20.4. The van der Waals surface area contributed by atoms with Gasteiger partial charge in [0.05, 0.1) is 21.7 Å². The molecule has 3 aromatic carbocycles. The van der Waals surface area contributed by atoms with Crippen LogP contribution in [0.4, 0.5) is 5.13 Å². The molecule has 0 fully saturated rings. The minimum absolute atomic E-state index is 0.327. The van der Waals surface area contributed by atoms with Gasteiger partial charge in [-0.25, -0.2) is 4.98 Å². The lowest BCUT2D eigenvalue weighted by Gasteiger charge is -2.12. The number of hydrogen-bond donors (Lipinski definition) is 1. The van der Waals surface area contributed by atoms with E-state index in [0.29, 0.717) is 16.3 Å². The van der Waals surface area contributed by atoms with Gasteiger partial charge in [0.25, 0.3) is 11.8 Å². The topological polar surface area (TPSA) is 79.4 Å². The summed E-state index contributed by atoms with van der Waals surface area (Å²) in [6.07, 6.45) is 0. The van der Waals surface area contributed by atoms with Crippen molar-refractivity contribution in [3.63, 3.8) is 0 Å². The molecule has 7 heteroatoms.